The molecule has 4 heteroatoms. The van der Waals surface area contributed by atoms with Crippen LogP contribution in [0.5, 0.6) is 0 Å². The first kappa shape index (κ1) is 50.4. The van der Waals surface area contributed by atoms with Gasteiger partial charge >= 0.3 is 0 Å². The number of unbranched alkanes of at least 4 members (excludes halogenated alkanes) is 31. The number of hydrogen-bond acceptors (Lipinski definition) is 2. The Hall–Kier alpha value is -1.58. The minimum absolute atomic E-state index is 0.187. The number of carbonyl (C=O) groups excluding carboxylic acids is 2. The van der Waals surface area contributed by atoms with Gasteiger partial charge in [0.05, 0.1) is 0 Å². The average molecular weight is 729 g/mol. The van der Waals surface area contributed by atoms with Gasteiger partial charge in [-0.3, -0.25) is 9.59 Å². The molecule has 0 aliphatic carbocycles. The lowest BCUT2D eigenvalue weighted by atomic mass is 10.1. The molecule has 0 unspecified atom stereocenters. The second-order valence-corrected chi connectivity index (χ2v) is 15.9. The van der Waals surface area contributed by atoms with Crippen molar-refractivity contribution in [1.82, 2.24) is 10.6 Å². The molecule has 4 nitrogen and oxygen atoms in total. The van der Waals surface area contributed by atoms with Crippen LogP contribution in [0, 0.1) is 0 Å². The molecule has 0 atom stereocenters. The smallest absolute Gasteiger partial charge is 0.219 e. The number of rotatable bonds is 43. The Kier molecular flexibility index (Phi) is 44.2. The molecule has 0 aromatic carbocycles. The predicted octanol–water partition coefficient (Wildman–Crippen LogP) is 15.2. The Labute approximate surface area is 326 Å². The van der Waals surface area contributed by atoms with E-state index in [1.165, 1.54) is 205 Å². The van der Waals surface area contributed by atoms with Crippen molar-refractivity contribution in [2.24, 2.45) is 0 Å². The van der Waals surface area contributed by atoms with Gasteiger partial charge in [-0.15, -0.1) is 0 Å². The van der Waals surface area contributed by atoms with Crippen molar-refractivity contribution in [3.8, 4) is 0 Å². The normalized spacial score (nSPS) is 11.7. The molecule has 0 fully saturated rings. The minimum Gasteiger partial charge on any atom is -0.356 e. The van der Waals surface area contributed by atoms with Crippen LogP contribution < -0.4 is 10.6 Å². The first-order valence-corrected chi connectivity index (χ1v) is 23.5. The molecule has 0 radical (unpaired) electrons. The summed E-state index contributed by atoms with van der Waals surface area (Å²) in [6.45, 7) is 6.01. The largest absolute Gasteiger partial charge is 0.356 e. The number of nitrogens with one attached hydrogen (secondary N) is 2. The molecule has 0 heterocycles. The highest BCUT2D eigenvalue weighted by Gasteiger charge is 2.03. The van der Waals surface area contributed by atoms with E-state index in [0.717, 1.165) is 38.8 Å². The van der Waals surface area contributed by atoms with Gasteiger partial charge in [0.25, 0.3) is 0 Å². The van der Waals surface area contributed by atoms with Crippen molar-refractivity contribution in [2.75, 3.05) is 13.1 Å². The summed E-state index contributed by atoms with van der Waals surface area (Å²) in [4.78, 5) is 24.3. The lowest BCUT2D eigenvalue weighted by Gasteiger charge is -2.07. The third kappa shape index (κ3) is 44.6. The van der Waals surface area contributed by atoms with Crippen LogP contribution in [0.1, 0.15) is 258 Å². The van der Waals surface area contributed by atoms with Crippen LogP contribution in [-0.2, 0) is 9.59 Å². The van der Waals surface area contributed by atoms with Crippen LogP contribution in [0.4, 0.5) is 0 Å². The molecule has 0 aliphatic heterocycles. The lowest BCUT2D eigenvalue weighted by Crippen LogP contribution is -2.27. The van der Waals surface area contributed by atoms with Crippen LogP contribution in [-0.4, -0.2) is 24.9 Å². The molecule has 0 saturated heterocycles. The predicted molar refractivity (Wildman–Crippen MR) is 231 cm³/mol. The first-order valence-electron chi connectivity index (χ1n) is 23.5. The zero-order valence-corrected chi connectivity index (χ0v) is 35.4. The topological polar surface area (TPSA) is 58.2 Å². The van der Waals surface area contributed by atoms with Crippen LogP contribution in [0.2, 0.25) is 0 Å². The molecule has 306 valence electrons. The van der Waals surface area contributed by atoms with Gasteiger partial charge < -0.3 is 10.6 Å². The number of amides is 2. The highest BCUT2D eigenvalue weighted by molar-refractivity contribution is 5.76. The molecule has 0 aliphatic rings. The van der Waals surface area contributed by atoms with Gasteiger partial charge in [0.15, 0.2) is 0 Å². The molecule has 0 saturated carbocycles. The van der Waals surface area contributed by atoms with E-state index >= 15 is 0 Å². The molecule has 0 bridgehead atoms. The van der Waals surface area contributed by atoms with Crippen LogP contribution >= 0.6 is 0 Å². The fraction of sp³-hybridized carbons (Fsp3) is 0.875. The number of allylic oxidation sites excluding steroid dienone is 4. The summed E-state index contributed by atoms with van der Waals surface area (Å²) in [5.41, 5.74) is 0. The second kappa shape index (κ2) is 45.6. The summed E-state index contributed by atoms with van der Waals surface area (Å²) >= 11 is 0. The third-order valence-electron chi connectivity index (χ3n) is 10.6. The van der Waals surface area contributed by atoms with Crippen molar-refractivity contribution >= 4 is 11.8 Å². The summed E-state index contributed by atoms with van der Waals surface area (Å²) in [6, 6.07) is 0. The van der Waals surface area contributed by atoms with E-state index in [-0.39, 0.29) is 11.8 Å². The van der Waals surface area contributed by atoms with Gasteiger partial charge in [0, 0.05) is 25.9 Å². The Morgan fingerprint density at radius 1 is 0.308 bits per heavy atom. The zero-order valence-electron chi connectivity index (χ0n) is 35.4. The quantitative estimate of drug-likeness (QED) is 0.0485. The van der Waals surface area contributed by atoms with Gasteiger partial charge in [-0.25, -0.2) is 0 Å². The summed E-state index contributed by atoms with van der Waals surface area (Å²) in [5.74, 6) is 0.374. The first-order chi connectivity index (χ1) is 25.7. The van der Waals surface area contributed by atoms with Crippen molar-refractivity contribution < 1.29 is 9.59 Å². The van der Waals surface area contributed by atoms with E-state index in [1.807, 2.05) is 0 Å². The van der Waals surface area contributed by atoms with E-state index in [4.69, 9.17) is 0 Å². The summed E-state index contributed by atoms with van der Waals surface area (Å²) in [7, 11) is 0. The van der Waals surface area contributed by atoms with E-state index < -0.39 is 0 Å². The Morgan fingerprint density at radius 2 is 0.538 bits per heavy atom. The molecule has 0 rings (SSSR count). The Bertz CT molecular complexity index is 712. The highest BCUT2D eigenvalue weighted by atomic mass is 16.2. The summed E-state index contributed by atoms with van der Waals surface area (Å²) < 4.78 is 0. The average Bonchev–Trinajstić information content (AvgIpc) is 3.14. The highest BCUT2D eigenvalue weighted by Crippen LogP contribution is 2.14. The minimum atomic E-state index is 0.187. The van der Waals surface area contributed by atoms with E-state index in [1.54, 1.807) is 0 Å². The van der Waals surface area contributed by atoms with Crippen LogP contribution in [0.25, 0.3) is 0 Å². The molecule has 2 N–H and O–H groups in total. The fourth-order valence-electron chi connectivity index (χ4n) is 7.01. The van der Waals surface area contributed by atoms with Crippen molar-refractivity contribution in [2.45, 2.75) is 258 Å². The van der Waals surface area contributed by atoms with E-state index in [2.05, 4.69) is 48.8 Å². The molecule has 0 spiro atoms. The van der Waals surface area contributed by atoms with Crippen molar-refractivity contribution in [3.63, 3.8) is 0 Å². The van der Waals surface area contributed by atoms with Gasteiger partial charge in [-0.2, -0.15) is 0 Å². The van der Waals surface area contributed by atoms with Gasteiger partial charge in [0.2, 0.25) is 11.8 Å². The molecule has 52 heavy (non-hydrogen) atoms. The molecular formula is C48H92N2O2. The Balaban J connectivity index is 3.29. The lowest BCUT2D eigenvalue weighted by molar-refractivity contribution is -0.122. The number of hydrogen-bond donors (Lipinski definition) is 2. The van der Waals surface area contributed by atoms with E-state index in [9.17, 15) is 9.59 Å². The fourth-order valence-corrected chi connectivity index (χ4v) is 7.01. The van der Waals surface area contributed by atoms with Crippen LogP contribution in [0.15, 0.2) is 24.3 Å². The maximum atomic E-state index is 12.1. The second-order valence-electron chi connectivity index (χ2n) is 15.9. The molecule has 0 aromatic heterocycles. The molecular weight excluding hydrogens is 637 g/mol. The standard InChI is InChI=1S/C48H92N2O2/c1-3-5-7-9-11-13-15-17-19-21-23-25-27-29-31-33-35-37-39-43-47(51)49-45-41-42-46-50-48(52)44-40-38-36-34-32-30-28-26-24-22-20-18-16-14-12-10-8-6-4-2/h17-20H,3-16,21-46H2,1-2H3,(H,49,51)(H,50,52)/b19-17-,20-18-. The van der Waals surface area contributed by atoms with E-state index in [0.29, 0.717) is 12.8 Å². The van der Waals surface area contributed by atoms with Gasteiger partial charge in [-0.1, -0.05) is 192 Å². The van der Waals surface area contributed by atoms with Crippen molar-refractivity contribution in [3.05, 3.63) is 24.3 Å². The zero-order chi connectivity index (χ0) is 37.7. The van der Waals surface area contributed by atoms with Gasteiger partial charge in [0.1, 0.15) is 0 Å². The molecule has 0 aromatic rings. The number of carbonyl (C=O) groups is 2. The van der Waals surface area contributed by atoms with Crippen molar-refractivity contribution in [1.29, 1.82) is 0 Å². The molecule has 2 amide bonds. The monoisotopic (exact) mass is 729 g/mol. The van der Waals surface area contributed by atoms with Crippen LogP contribution in [0.3, 0.4) is 0 Å². The Morgan fingerprint density at radius 3 is 0.808 bits per heavy atom. The SMILES string of the molecule is CCCCCCCC/C=C\CCCCCCCCCCCC(=O)NCCCCNC(=O)CCCCCCCCCCC/C=C\CCCCCCCC. The maximum absolute atomic E-state index is 12.1. The maximum Gasteiger partial charge on any atom is 0.219 e. The third-order valence-corrected chi connectivity index (χ3v) is 10.6. The summed E-state index contributed by atoms with van der Waals surface area (Å²) in [6.07, 6.45) is 57.6. The van der Waals surface area contributed by atoms with Gasteiger partial charge in [-0.05, 0) is 77.0 Å². The summed E-state index contributed by atoms with van der Waals surface area (Å²) in [5, 5.41) is 6.12.